The Bertz CT molecular complexity index is 278. The molecule has 1 nitrogen and oxygen atoms in total. The smallest absolute Gasteiger partial charge is 0.248 e. The molecule has 0 radical (unpaired) electrons. The molecule has 0 aromatic heterocycles. The van der Waals surface area contributed by atoms with Crippen LogP contribution in [0.4, 0.5) is 13.2 Å². The van der Waals surface area contributed by atoms with Crippen molar-refractivity contribution in [3.05, 3.63) is 0 Å². The van der Waals surface area contributed by atoms with Crippen LogP contribution in [0.25, 0.3) is 0 Å². The van der Waals surface area contributed by atoms with Gasteiger partial charge in [-0.1, -0.05) is 19.3 Å². The summed E-state index contributed by atoms with van der Waals surface area (Å²) in [6.07, 6.45) is 5.97. The highest BCUT2D eigenvalue weighted by Crippen LogP contribution is 2.40. The Morgan fingerprint density at radius 2 is 1.89 bits per heavy atom. The van der Waals surface area contributed by atoms with Crippen LogP contribution in [0.1, 0.15) is 32.1 Å². The van der Waals surface area contributed by atoms with E-state index in [2.05, 4.69) is 12.6 Å². The van der Waals surface area contributed by atoms with Gasteiger partial charge in [0.05, 0.1) is 5.75 Å². The minimum atomic E-state index is -3.34. The number of thiol groups is 1. The Morgan fingerprint density at radius 1 is 1.22 bits per heavy atom. The van der Waals surface area contributed by atoms with Crippen molar-refractivity contribution in [2.45, 2.75) is 43.5 Å². The van der Waals surface area contributed by atoms with Gasteiger partial charge < -0.3 is 0 Å². The van der Waals surface area contributed by atoms with Crippen LogP contribution in [0.2, 0.25) is 0 Å². The Hall–Kier alpha value is 0.450. The summed E-state index contributed by atoms with van der Waals surface area (Å²) < 4.78 is 41.6. The molecule has 0 amide bonds. The number of nitrogens with zero attached hydrogens (tertiary/aromatic N) is 1. The van der Waals surface area contributed by atoms with Gasteiger partial charge in [0.1, 0.15) is 0 Å². The Balaban J connectivity index is 1.84. The van der Waals surface area contributed by atoms with E-state index in [9.17, 15) is 13.2 Å². The van der Waals surface area contributed by atoms with Crippen LogP contribution >= 0.6 is 24.6 Å². The Kier molecular flexibility index (Phi) is 5.17. The summed E-state index contributed by atoms with van der Waals surface area (Å²) in [5, 5.41) is 0. The van der Waals surface area contributed by atoms with Crippen molar-refractivity contribution in [2.24, 2.45) is 11.8 Å². The van der Waals surface area contributed by atoms with Crippen LogP contribution in [0.3, 0.4) is 0 Å². The fourth-order valence-corrected chi connectivity index (χ4v) is 4.21. The molecule has 106 valence electrons. The molecule has 6 heteroatoms. The van der Waals surface area contributed by atoms with Crippen LogP contribution in [0.15, 0.2) is 0 Å². The summed E-state index contributed by atoms with van der Waals surface area (Å²) in [6, 6.07) is 0. The maximum absolute atomic E-state index is 13.5. The van der Waals surface area contributed by atoms with Crippen molar-refractivity contribution in [3.8, 4) is 0 Å². The molecule has 1 aliphatic heterocycles. The van der Waals surface area contributed by atoms with Crippen molar-refractivity contribution < 1.29 is 13.2 Å². The van der Waals surface area contributed by atoms with Gasteiger partial charge in [-0.05, 0) is 36.6 Å². The number of rotatable bonds is 4. The molecule has 0 aromatic rings. The van der Waals surface area contributed by atoms with Gasteiger partial charge in [-0.2, -0.15) is 12.6 Å². The third kappa shape index (κ3) is 3.51. The van der Waals surface area contributed by atoms with Crippen LogP contribution in [0.5, 0.6) is 0 Å². The zero-order valence-corrected chi connectivity index (χ0v) is 12.0. The lowest BCUT2D eigenvalue weighted by Gasteiger charge is -2.41. The quantitative estimate of drug-likeness (QED) is 0.617. The van der Waals surface area contributed by atoms with Gasteiger partial charge in [0.15, 0.2) is 0 Å². The Labute approximate surface area is 116 Å². The molecule has 1 aliphatic carbocycles. The molecule has 2 rings (SSSR count). The summed E-state index contributed by atoms with van der Waals surface area (Å²) >= 11 is 4.19. The van der Waals surface area contributed by atoms with Gasteiger partial charge in [0.25, 0.3) is 5.92 Å². The average molecular weight is 299 g/mol. The standard InChI is InChI=1S/C12H20F3NS2/c13-11(12(14,15)8-17)18-16-6-5-9-3-1-2-4-10(9)7-16/h9-11,17H,1-8H2. The van der Waals surface area contributed by atoms with Crippen LogP contribution in [0, 0.1) is 11.8 Å². The van der Waals surface area contributed by atoms with Gasteiger partial charge in [-0.25, -0.2) is 17.5 Å². The van der Waals surface area contributed by atoms with Crippen LogP contribution in [-0.4, -0.2) is 34.6 Å². The summed E-state index contributed by atoms with van der Waals surface area (Å²) in [5.74, 6) is -2.76. The van der Waals surface area contributed by atoms with Gasteiger partial charge >= 0.3 is 0 Å². The number of hydrogen-bond donors (Lipinski definition) is 1. The Morgan fingerprint density at radius 3 is 2.56 bits per heavy atom. The zero-order valence-electron chi connectivity index (χ0n) is 10.3. The number of halogens is 3. The lowest BCUT2D eigenvalue weighted by atomic mass is 9.76. The monoisotopic (exact) mass is 299 g/mol. The molecule has 1 saturated heterocycles. The average Bonchev–Trinajstić information content (AvgIpc) is 2.38. The molecule has 0 bridgehead atoms. The molecule has 1 heterocycles. The van der Waals surface area contributed by atoms with E-state index >= 15 is 0 Å². The number of hydrogen-bond acceptors (Lipinski definition) is 3. The third-order valence-electron chi connectivity index (χ3n) is 4.04. The maximum atomic E-state index is 13.5. The second-order valence-corrected chi connectivity index (χ2v) is 6.78. The molecule has 3 atom stereocenters. The van der Waals surface area contributed by atoms with E-state index in [-0.39, 0.29) is 0 Å². The first-order valence-electron chi connectivity index (χ1n) is 6.57. The third-order valence-corrected chi connectivity index (χ3v) is 5.62. The SMILES string of the molecule is FC(SN1CCC2CCCCC2C1)C(F)(F)CS. The summed E-state index contributed by atoms with van der Waals surface area (Å²) in [4.78, 5) is 0. The minimum absolute atomic E-state index is 0.580. The van der Waals surface area contributed by atoms with E-state index in [0.29, 0.717) is 17.9 Å². The predicted molar refractivity (Wildman–Crippen MR) is 72.9 cm³/mol. The molecule has 3 unspecified atom stereocenters. The van der Waals surface area contributed by atoms with E-state index < -0.39 is 17.2 Å². The molecule has 1 saturated carbocycles. The fraction of sp³-hybridized carbons (Fsp3) is 1.00. The topological polar surface area (TPSA) is 3.24 Å². The number of piperidine rings is 1. The van der Waals surface area contributed by atoms with Crippen molar-refractivity contribution in [2.75, 3.05) is 18.8 Å². The molecule has 0 aromatic carbocycles. The van der Waals surface area contributed by atoms with Crippen molar-refractivity contribution in [1.82, 2.24) is 4.31 Å². The van der Waals surface area contributed by atoms with E-state index in [0.717, 1.165) is 25.4 Å². The van der Waals surface area contributed by atoms with Gasteiger partial charge in [-0.3, -0.25) is 0 Å². The highest BCUT2D eigenvalue weighted by Gasteiger charge is 2.42. The molecular weight excluding hydrogens is 279 g/mol. The highest BCUT2D eigenvalue weighted by molar-refractivity contribution is 7.97. The van der Waals surface area contributed by atoms with E-state index in [1.807, 2.05) is 0 Å². The molecule has 2 fully saturated rings. The summed E-state index contributed by atoms with van der Waals surface area (Å²) in [7, 11) is 0. The van der Waals surface area contributed by atoms with Crippen LogP contribution < -0.4 is 0 Å². The second-order valence-electron chi connectivity index (χ2n) is 5.32. The first-order chi connectivity index (χ1) is 8.53. The fourth-order valence-electron chi connectivity index (χ4n) is 2.94. The predicted octanol–water partition coefficient (Wildman–Crippen LogP) is 4.01. The van der Waals surface area contributed by atoms with Gasteiger partial charge in [0, 0.05) is 13.1 Å². The highest BCUT2D eigenvalue weighted by atomic mass is 32.2. The van der Waals surface area contributed by atoms with Crippen molar-refractivity contribution in [3.63, 3.8) is 0 Å². The first kappa shape index (κ1) is 14.9. The van der Waals surface area contributed by atoms with Crippen molar-refractivity contribution >= 4 is 24.6 Å². The van der Waals surface area contributed by atoms with E-state index in [1.54, 1.807) is 4.31 Å². The van der Waals surface area contributed by atoms with Gasteiger partial charge in [0.2, 0.25) is 5.50 Å². The summed E-state index contributed by atoms with van der Waals surface area (Å²) in [5.41, 5.74) is -2.17. The summed E-state index contributed by atoms with van der Waals surface area (Å²) in [6.45, 7) is 1.49. The first-order valence-corrected chi connectivity index (χ1v) is 8.04. The molecular formula is C12H20F3NS2. The normalized spacial score (nSPS) is 32.0. The number of fused-ring (bicyclic) bond motifs is 1. The maximum Gasteiger partial charge on any atom is 0.297 e. The van der Waals surface area contributed by atoms with E-state index in [4.69, 9.17) is 0 Å². The molecule has 0 N–H and O–H groups in total. The van der Waals surface area contributed by atoms with Gasteiger partial charge in [-0.15, -0.1) is 0 Å². The van der Waals surface area contributed by atoms with Crippen molar-refractivity contribution in [1.29, 1.82) is 0 Å². The van der Waals surface area contributed by atoms with Crippen LogP contribution in [-0.2, 0) is 0 Å². The largest absolute Gasteiger partial charge is 0.297 e. The lowest BCUT2D eigenvalue weighted by Crippen LogP contribution is -2.41. The molecule has 2 aliphatic rings. The second kappa shape index (κ2) is 6.27. The molecule has 0 spiro atoms. The van der Waals surface area contributed by atoms with E-state index in [1.165, 1.54) is 25.7 Å². The zero-order chi connectivity index (χ0) is 13.2. The number of alkyl halides is 3. The minimum Gasteiger partial charge on any atom is -0.248 e. The lowest BCUT2D eigenvalue weighted by molar-refractivity contribution is -0.0147. The molecule has 18 heavy (non-hydrogen) atoms.